The Labute approximate surface area is 242 Å². The van der Waals surface area contributed by atoms with Crippen LogP contribution in [0, 0.1) is 11.6 Å². The van der Waals surface area contributed by atoms with Gasteiger partial charge in [0.15, 0.2) is 0 Å². The van der Waals surface area contributed by atoms with E-state index in [9.17, 15) is 13.6 Å². The molecule has 3 heterocycles. The predicted molar refractivity (Wildman–Crippen MR) is 155 cm³/mol. The lowest BCUT2D eigenvalue weighted by Gasteiger charge is -2.43. The first-order valence-corrected chi connectivity index (χ1v) is 14.4. The second-order valence-electron chi connectivity index (χ2n) is 10.1. The van der Waals surface area contributed by atoms with Crippen molar-refractivity contribution in [3.05, 3.63) is 92.5 Å². The SMILES string of the molecule is O=C(NCc1cccc(F)c1)c1cnc(N2CCN(C3CCN(Cc4ccc(Br)cc4F)CC3)CC2)c(Cl)c1.[HH]. The molecule has 0 atom stereocenters. The Kier molecular flexibility index (Phi) is 9.12. The molecular formula is C29H33BrClF2N5O. The third-order valence-corrected chi connectivity index (χ3v) is 8.29. The average Bonchev–Trinajstić information content (AvgIpc) is 2.94. The molecule has 2 saturated heterocycles. The van der Waals surface area contributed by atoms with Crippen LogP contribution in [0.5, 0.6) is 0 Å². The van der Waals surface area contributed by atoms with Gasteiger partial charge in [-0.2, -0.15) is 0 Å². The Bertz CT molecular complexity index is 1320. The van der Waals surface area contributed by atoms with E-state index in [0.29, 0.717) is 34.6 Å². The molecule has 0 saturated carbocycles. The quantitative estimate of drug-likeness (QED) is 0.365. The molecule has 0 radical (unpaired) electrons. The summed E-state index contributed by atoms with van der Waals surface area (Å²) in [5, 5.41) is 3.22. The van der Waals surface area contributed by atoms with E-state index in [0.717, 1.165) is 62.1 Å². The lowest BCUT2D eigenvalue weighted by atomic mass is 10.0. The number of hydrogen-bond donors (Lipinski definition) is 1. The smallest absolute Gasteiger partial charge is 0.253 e. The van der Waals surface area contributed by atoms with E-state index in [2.05, 4.69) is 40.9 Å². The van der Waals surface area contributed by atoms with Crippen LogP contribution in [0.25, 0.3) is 0 Å². The summed E-state index contributed by atoms with van der Waals surface area (Å²) in [7, 11) is 0. The number of piperidine rings is 1. The van der Waals surface area contributed by atoms with E-state index < -0.39 is 0 Å². The largest absolute Gasteiger partial charge is 0.353 e. The molecule has 1 N–H and O–H groups in total. The first kappa shape index (κ1) is 28.0. The van der Waals surface area contributed by atoms with Gasteiger partial charge in [0, 0.05) is 63.0 Å². The van der Waals surface area contributed by atoms with Crippen molar-refractivity contribution >= 4 is 39.3 Å². The molecule has 2 aliphatic rings. The van der Waals surface area contributed by atoms with Crippen LogP contribution in [0.15, 0.2) is 59.2 Å². The molecule has 6 nitrogen and oxygen atoms in total. The van der Waals surface area contributed by atoms with Gasteiger partial charge in [0.25, 0.3) is 5.91 Å². The summed E-state index contributed by atoms with van der Waals surface area (Å²) in [5.41, 5.74) is 1.79. The van der Waals surface area contributed by atoms with Gasteiger partial charge in [0.2, 0.25) is 0 Å². The summed E-state index contributed by atoms with van der Waals surface area (Å²) in [4.78, 5) is 24.1. The Balaban J connectivity index is 0.00000370. The van der Waals surface area contributed by atoms with Crippen molar-refractivity contribution in [3.63, 3.8) is 0 Å². The molecule has 2 aromatic carbocycles. The van der Waals surface area contributed by atoms with Crippen molar-refractivity contribution in [1.82, 2.24) is 20.1 Å². The first-order chi connectivity index (χ1) is 18.9. The van der Waals surface area contributed by atoms with E-state index in [1.165, 1.54) is 18.2 Å². The van der Waals surface area contributed by atoms with Gasteiger partial charge >= 0.3 is 0 Å². The molecule has 1 amide bonds. The molecule has 2 fully saturated rings. The van der Waals surface area contributed by atoms with Crippen LogP contribution in [0.1, 0.15) is 35.8 Å². The van der Waals surface area contributed by atoms with E-state index in [4.69, 9.17) is 11.6 Å². The number of aromatic nitrogens is 1. The van der Waals surface area contributed by atoms with Gasteiger partial charge in [0.05, 0.1) is 10.6 Å². The predicted octanol–water partition coefficient (Wildman–Crippen LogP) is 5.74. The standard InChI is InChI=1S/C29H31BrClF2N5O.H2/c30-23-5-4-21(27(33)16-23)19-36-8-6-25(7-9-36)37-10-12-38(13-11-37)28-26(31)15-22(18-34-28)29(39)35-17-20-2-1-3-24(32)14-20;/h1-5,14-16,18,25H,6-13,17,19H2,(H,35,39);1H. The number of benzene rings is 2. The third-order valence-electron chi connectivity index (χ3n) is 7.52. The van der Waals surface area contributed by atoms with Crippen LogP contribution in [0.2, 0.25) is 5.02 Å². The summed E-state index contributed by atoms with van der Waals surface area (Å²) in [6, 6.07) is 13.6. The highest BCUT2D eigenvalue weighted by molar-refractivity contribution is 9.10. The van der Waals surface area contributed by atoms with Crippen molar-refractivity contribution in [2.75, 3.05) is 44.2 Å². The Morgan fingerprint density at radius 1 is 1.05 bits per heavy atom. The molecule has 39 heavy (non-hydrogen) atoms. The summed E-state index contributed by atoms with van der Waals surface area (Å²) >= 11 is 9.87. The minimum absolute atomic E-state index is 0. The lowest BCUT2D eigenvalue weighted by molar-refractivity contribution is 0.0950. The van der Waals surface area contributed by atoms with Crippen LogP contribution < -0.4 is 10.2 Å². The number of nitrogens with one attached hydrogen (secondary N) is 1. The molecule has 2 aliphatic heterocycles. The molecule has 3 aromatic rings. The van der Waals surface area contributed by atoms with Crippen LogP contribution in [-0.2, 0) is 13.1 Å². The zero-order valence-electron chi connectivity index (χ0n) is 21.6. The number of anilines is 1. The first-order valence-electron chi connectivity index (χ1n) is 13.2. The average molecular weight is 621 g/mol. The van der Waals surface area contributed by atoms with E-state index in [1.807, 2.05) is 12.1 Å². The number of nitrogens with zero attached hydrogens (tertiary/aromatic N) is 4. The fraction of sp³-hybridized carbons (Fsp3) is 0.379. The van der Waals surface area contributed by atoms with Gasteiger partial charge in [0.1, 0.15) is 17.5 Å². The minimum atomic E-state index is -0.338. The van der Waals surface area contributed by atoms with Crippen molar-refractivity contribution in [3.8, 4) is 0 Å². The van der Waals surface area contributed by atoms with Crippen LogP contribution in [0.4, 0.5) is 14.6 Å². The Morgan fingerprint density at radius 2 is 1.82 bits per heavy atom. The fourth-order valence-corrected chi connectivity index (χ4v) is 5.97. The zero-order valence-corrected chi connectivity index (χ0v) is 23.9. The highest BCUT2D eigenvalue weighted by atomic mass is 79.9. The van der Waals surface area contributed by atoms with Crippen LogP contribution in [0.3, 0.4) is 0 Å². The molecule has 5 rings (SSSR count). The van der Waals surface area contributed by atoms with Gasteiger partial charge in [-0.15, -0.1) is 0 Å². The zero-order chi connectivity index (χ0) is 27.4. The van der Waals surface area contributed by atoms with E-state index in [1.54, 1.807) is 24.4 Å². The molecule has 208 valence electrons. The van der Waals surface area contributed by atoms with Gasteiger partial charge < -0.3 is 10.2 Å². The normalized spacial score (nSPS) is 17.4. The van der Waals surface area contributed by atoms with Crippen molar-refractivity contribution in [2.45, 2.75) is 32.0 Å². The molecule has 0 aliphatic carbocycles. The maximum absolute atomic E-state index is 14.2. The van der Waals surface area contributed by atoms with Gasteiger partial charge in [-0.25, -0.2) is 13.8 Å². The summed E-state index contributed by atoms with van der Waals surface area (Å²) in [6.07, 6.45) is 3.67. The number of pyridine rings is 1. The van der Waals surface area contributed by atoms with Gasteiger partial charge in [-0.1, -0.05) is 45.7 Å². The maximum Gasteiger partial charge on any atom is 0.253 e. The summed E-state index contributed by atoms with van der Waals surface area (Å²) in [6.45, 7) is 6.22. The minimum Gasteiger partial charge on any atom is -0.353 e. The molecule has 1 aromatic heterocycles. The Hall–Kier alpha value is -2.59. The second kappa shape index (κ2) is 12.7. The van der Waals surface area contributed by atoms with Crippen LogP contribution in [-0.4, -0.2) is 66.0 Å². The fourth-order valence-electron chi connectivity index (χ4n) is 5.35. The topological polar surface area (TPSA) is 51.7 Å². The number of amides is 1. The summed E-state index contributed by atoms with van der Waals surface area (Å²) < 4.78 is 28.4. The number of rotatable bonds is 7. The molecule has 0 bridgehead atoms. The van der Waals surface area contributed by atoms with Crippen molar-refractivity contribution in [1.29, 1.82) is 0 Å². The van der Waals surface area contributed by atoms with Gasteiger partial charge in [-0.3, -0.25) is 14.6 Å². The third kappa shape index (κ3) is 7.14. The molecule has 0 unspecified atom stereocenters. The lowest BCUT2D eigenvalue weighted by Crippen LogP contribution is -2.53. The number of hydrogen-bond acceptors (Lipinski definition) is 5. The Morgan fingerprint density at radius 3 is 2.51 bits per heavy atom. The van der Waals surface area contributed by atoms with E-state index >= 15 is 0 Å². The highest BCUT2D eigenvalue weighted by Crippen LogP contribution is 2.27. The summed E-state index contributed by atoms with van der Waals surface area (Å²) in [5.74, 6) is -0.120. The van der Waals surface area contributed by atoms with Crippen molar-refractivity contribution < 1.29 is 15.0 Å². The molecule has 10 heteroatoms. The number of carbonyl (C=O) groups excluding carboxylic acids is 1. The molecular weight excluding hydrogens is 588 g/mol. The highest BCUT2D eigenvalue weighted by Gasteiger charge is 2.29. The maximum atomic E-state index is 14.2. The number of likely N-dealkylation sites (tertiary alicyclic amines) is 1. The number of carbonyl (C=O) groups is 1. The monoisotopic (exact) mass is 619 g/mol. The van der Waals surface area contributed by atoms with Crippen LogP contribution >= 0.6 is 27.5 Å². The van der Waals surface area contributed by atoms with Crippen molar-refractivity contribution in [2.24, 2.45) is 0 Å². The van der Waals surface area contributed by atoms with Gasteiger partial charge in [-0.05, 0) is 61.8 Å². The number of halogens is 4. The number of piperazine rings is 1. The second-order valence-corrected chi connectivity index (χ2v) is 11.4. The van der Waals surface area contributed by atoms with E-state index in [-0.39, 0.29) is 25.5 Å². The molecule has 0 spiro atoms.